The van der Waals surface area contributed by atoms with Gasteiger partial charge in [-0.3, -0.25) is 14.6 Å². The minimum atomic E-state index is -4.64. The number of halogens is 1. The lowest BCUT2D eigenvalue weighted by Gasteiger charge is -2.22. The summed E-state index contributed by atoms with van der Waals surface area (Å²) in [4.78, 5) is 94.7. The molecule has 0 aliphatic rings. The van der Waals surface area contributed by atoms with Crippen molar-refractivity contribution in [2.45, 2.75) is 18.9 Å². The Morgan fingerprint density at radius 2 is 1.44 bits per heavy atom. The van der Waals surface area contributed by atoms with Gasteiger partial charge in [0.1, 0.15) is 11.6 Å². The molecule has 0 aliphatic heterocycles. The fourth-order valence-electron chi connectivity index (χ4n) is 4.26. The molecule has 23 heteroatoms. The summed E-state index contributed by atoms with van der Waals surface area (Å²) in [6.45, 7) is 1.52. The monoisotopic (exact) mass is 796 g/mol. The first-order valence-electron chi connectivity index (χ1n) is 14.6. The Balaban J connectivity index is 0.000000760. The highest BCUT2D eigenvalue weighted by Gasteiger charge is 2.17. The number of aromatic nitrogens is 2. The Labute approximate surface area is 296 Å². The number of rotatable bonds is 11. The molecule has 0 aliphatic carbocycles. The molecular formula is C29H40FN4O15P3. The fraction of sp³-hybridized carbons (Fsp3) is 0.276. The number of carbonyl (C=O) groups excluding carboxylic acids is 1. The largest absolute Gasteiger partial charge is 0.494 e. The van der Waals surface area contributed by atoms with Gasteiger partial charge in [0, 0.05) is 57.1 Å². The molecule has 0 saturated heterocycles. The van der Waals surface area contributed by atoms with Gasteiger partial charge in [-0.1, -0.05) is 12.1 Å². The Morgan fingerprint density at radius 1 is 0.885 bits per heavy atom. The number of hydrogen-bond acceptors (Lipinski definition) is 8. The third-order valence-corrected chi connectivity index (χ3v) is 6.40. The topological polar surface area (TPSA) is 310 Å². The second-order valence-electron chi connectivity index (χ2n) is 10.5. The number of amides is 1. The predicted molar refractivity (Wildman–Crippen MR) is 185 cm³/mol. The van der Waals surface area contributed by atoms with E-state index in [9.17, 15) is 14.0 Å². The van der Waals surface area contributed by atoms with E-state index in [1.165, 1.54) is 17.0 Å². The van der Waals surface area contributed by atoms with Crippen molar-refractivity contribution in [1.29, 1.82) is 0 Å². The van der Waals surface area contributed by atoms with Gasteiger partial charge >= 0.3 is 23.5 Å². The second kappa shape index (κ2) is 21.7. The van der Waals surface area contributed by atoms with Crippen LogP contribution in [0.1, 0.15) is 34.8 Å². The predicted octanol–water partition coefficient (Wildman–Crippen LogP) is 1.55. The molecule has 288 valence electrons. The number of phosphoric acid groups is 3. The van der Waals surface area contributed by atoms with Crippen LogP contribution in [0.25, 0.3) is 10.9 Å². The van der Waals surface area contributed by atoms with E-state index in [1.54, 1.807) is 49.3 Å². The first-order valence-corrected chi connectivity index (χ1v) is 19.3. The molecule has 2 aromatic heterocycles. The number of ether oxygens (including phenoxy) is 1. The summed E-state index contributed by atoms with van der Waals surface area (Å²) in [5.74, 6) is -0.102. The van der Waals surface area contributed by atoms with Crippen molar-refractivity contribution in [3.63, 3.8) is 0 Å². The van der Waals surface area contributed by atoms with Crippen LogP contribution in [0.3, 0.4) is 0 Å². The zero-order chi connectivity index (χ0) is 39.7. The molecule has 4 aromatic rings. The highest BCUT2D eigenvalue weighted by atomic mass is 31.2. The molecule has 2 heterocycles. The quantitative estimate of drug-likeness (QED) is 0.0760. The van der Waals surface area contributed by atoms with E-state index in [-0.39, 0.29) is 23.1 Å². The summed E-state index contributed by atoms with van der Waals surface area (Å²) >= 11 is 0. The van der Waals surface area contributed by atoms with E-state index in [2.05, 4.69) is 10.3 Å². The average Bonchev–Trinajstić information content (AvgIpc) is 3.02. The van der Waals surface area contributed by atoms with Crippen LogP contribution in [-0.4, -0.2) is 91.1 Å². The smallest absolute Gasteiger partial charge is 0.466 e. The van der Waals surface area contributed by atoms with Crippen LogP contribution in [0.5, 0.6) is 5.75 Å². The first kappa shape index (κ1) is 46.3. The van der Waals surface area contributed by atoms with Crippen LogP contribution < -0.4 is 15.6 Å². The summed E-state index contributed by atoms with van der Waals surface area (Å²) < 4.78 is 48.2. The Morgan fingerprint density at radius 3 is 2.00 bits per heavy atom. The molecule has 52 heavy (non-hydrogen) atoms. The van der Waals surface area contributed by atoms with Crippen molar-refractivity contribution < 1.29 is 71.7 Å². The number of nitrogens with one attached hydrogen (secondary N) is 1. The van der Waals surface area contributed by atoms with E-state index in [1.807, 2.05) is 36.4 Å². The number of nitrogens with zero attached hydrogens (tertiary/aromatic N) is 3. The maximum atomic E-state index is 14.0. The van der Waals surface area contributed by atoms with Crippen LogP contribution >= 0.6 is 23.5 Å². The lowest BCUT2D eigenvalue weighted by atomic mass is 10.0. The first-order chi connectivity index (χ1) is 23.9. The molecule has 0 bridgehead atoms. The normalized spacial score (nSPS) is 11.8. The second-order valence-corrected chi connectivity index (χ2v) is 13.6. The third-order valence-electron chi connectivity index (χ3n) is 6.40. The average molecular weight is 797 g/mol. The van der Waals surface area contributed by atoms with E-state index < -0.39 is 29.3 Å². The highest BCUT2D eigenvalue weighted by Crippen LogP contribution is 2.27. The maximum Gasteiger partial charge on any atom is 0.466 e. The van der Waals surface area contributed by atoms with Crippen molar-refractivity contribution in [3.05, 3.63) is 106 Å². The molecule has 1 amide bonds. The molecule has 0 spiro atoms. The Bertz CT molecular complexity index is 1850. The van der Waals surface area contributed by atoms with Gasteiger partial charge in [0.15, 0.2) is 0 Å². The van der Waals surface area contributed by atoms with Crippen molar-refractivity contribution in [2.24, 2.45) is 7.05 Å². The number of hydrogen-bond donors (Lipinski definition) is 10. The number of likely N-dealkylation sites (N-methyl/N-ethyl adjacent to an activating group) is 1. The summed E-state index contributed by atoms with van der Waals surface area (Å²) in [6.07, 6.45) is 5.14. The van der Waals surface area contributed by atoms with Crippen LogP contribution in [0, 0.1) is 5.82 Å². The van der Waals surface area contributed by atoms with Crippen molar-refractivity contribution in [2.75, 3.05) is 26.7 Å². The number of pyridine rings is 2. The summed E-state index contributed by atoms with van der Waals surface area (Å²) in [5.41, 5.74) is 1.99. The van der Waals surface area contributed by atoms with E-state index in [4.69, 9.17) is 62.5 Å². The van der Waals surface area contributed by atoms with E-state index in [0.717, 1.165) is 35.1 Å². The Kier molecular flexibility index (Phi) is 19.4. The summed E-state index contributed by atoms with van der Waals surface area (Å²) in [7, 11) is -10.5. The van der Waals surface area contributed by atoms with Gasteiger partial charge in [0.2, 0.25) is 0 Å². The minimum absolute atomic E-state index is 0.0430. The van der Waals surface area contributed by atoms with Crippen LogP contribution in [0.4, 0.5) is 4.39 Å². The zero-order valence-corrected chi connectivity index (χ0v) is 30.3. The van der Waals surface area contributed by atoms with Gasteiger partial charge in [-0.25, -0.2) is 18.1 Å². The number of fused-ring (bicyclic) bond motifs is 1. The molecule has 10 N–H and O–H groups in total. The van der Waals surface area contributed by atoms with Gasteiger partial charge in [-0.15, -0.1) is 0 Å². The number of carbonyl (C=O) groups is 1. The molecule has 2 aromatic carbocycles. The van der Waals surface area contributed by atoms with Gasteiger partial charge in [-0.2, -0.15) is 0 Å². The van der Waals surface area contributed by atoms with Crippen LogP contribution in [0.15, 0.2) is 83.9 Å². The van der Waals surface area contributed by atoms with E-state index in [0.29, 0.717) is 19.7 Å². The van der Waals surface area contributed by atoms with Gasteiger partial charge in [-0.05, 0) is 66.9 Å². The standard InChI is InChI=1S/C29H31FN4O3.3H3O4P/c1-33(29(36)24-6-3-4-7-25(24)30)18-17-32-26(21-13-15-31-16-14-21)8-5-19-37-23-10-11-27-22(20-23)9-12-28(35)34(27)2;3*1-5(2,3)4/h3-4,6-7,9-16,20,26,32H,5,8,17-19H2,1-2H3;3*(H3,1,2,3,4). The van der Waals surface area contributed by atoms with Crippen molar-refractivity contribution >= 4 is 40.3 Å². The van der Waals surface area contributed by atoms with Crippen LogP contribution in [0.2, 0.25) is 0 Å². The summed E-state index contributed by atoms with van der Waals surface area (Å²) in [6, 6.07) is 19.1. The molecule has 0 radical (unpaired) electrons. The SMILES string of the molecule is CN(CCNC(CCCOc1ccc2c(ccc(=O)n2C)c1)c1ccncc1)C(=O)c1ccccc1F.O=P(O)(O)O.O=P(O)(O)O.O=P(O)(O)O. The summed E-state index contributed by atoms with van der Waals surface area (Å²) in [5, 5.41) is 4.47. The van der Waals surface area contributed by atoms with Crippen LogP contribution in [-0.2, 0) is 20.7 Å². The number of aryl methyl sites for hydroxylation is 1. The Hall–Kier alpha value is -3.71. The molecule has 1 atom stereocenters. The molecule has 1 unspecified atom stereocenters. The van der Waals surface area contributed by atoms with Crippen molar-refractivity contribution in [1.82, 2.24) is 19.8 Å². The fourth-order valence-corrected chi connectivity index (χ4v) is 4.26. The van der Waals surface area contributed by atoms with Gasteiger partial charge < -0.3 is 63.6 Å². The van der Waals surface area contributed by atoms with Crippen molar-refractivity contribution in [3.8, 4) is 5.75 Å². The molecule has 0 fully saturated rings. The third kappa shape index (κ3) is 21.6. The van der Waals surface area contributed by atoms with Gasteiger partial charge in [0.05, 0.1) is 17.7 Å². The molecule has 4 rings (SSSR count). The van der Waals surface area contributed by atoms with Gasteiger partial charge in [0.25, 0.3) is 11.5 Å². The lowest BCUT2D eigenvalue weighted by Crippen LogP contribution is -2.35. The molecule has 19 nitrogen and oxygen atoms in total. The minimum Gasteiger partial charge on any atom is -0.494 e. The number of benzene rings is 2. The lowest BCUT2D eigenvalue weighted by molar-refractivity contribution is 0.0790. The van der Waals surface area contributed by atoms with E-state index >= 15 is 0 Å². The molecule has 0 saturated carbocycles. The highest BCUT2D eigenvalue weighted by molar-refractivity contribution is 7.45. The zero-order valence-electron chi connectivity index (χ0n) is 27.7. The maximum absolute atomic E-state index is 14.0. The molecular weight excluding hydrogens is 756 g/mol.